The Morgan fingerprint density at radius 3 is 2.79 bits per heavy atom. The molecule has 0 saturated carbocycles. The molecular weight excluding hydrogens is 352 g/mol. The molecule has 1 aromatic carbocycles. The van der Waals surface area contributed by atoms with E-state index in [-0.39, 0.29) is 22.5 Å². The Balaban J connectivity index is 1.72. The molecule has 0 radical (unpaired) electrons. The molecule has 1 aliphatic rings. The van der Waals surface area contributed by atoms with Gasteiger partial charge in [-0.25, -0.2) is 8.42 Å². The van der Waals surface area contributed by atoms with E-state index in [1.165, 1.54) is 11.8 Å². The Bertz CT molecular complexity index is 770. The van der Waals surface area contributed by atoms with Crippen molar-refractivity contribution in [3.63, 3.8) is 0 Å². The largest absolute Gasteiger partial charge is 0.455 e. The van der Waals surface area contributed by atoms with Gasteiger partial charge in [-0.1, -0.05) is 12.1 Å². The van der Waals surface area contributed by atoms with Crippen molar-refractivity contribution in [1.29, 1.82) is 5.26 Å². The van der Waals surface area contributed by atoms with E-state index in [1.807, 2.05) is 6.07 Å². The van der Waals surface area contributed by atoms with Crippen molar-refractivity contribution in [2.45, 2.75) is 11.7 Å². The predicted molar refractivity (Wildman–Crippen MR) is 90.3 cm³/mol. The summed E-state index contributed by atoms with van der Waals surface area (Å²) in [4.78, 5) is 23.4. The molecule has 0 spiro atoms. The molecule has 7 nitrogen and oxygen atoms in total. The van der Waals surface area contributed by atoms with Gasteiger partial charge >= 0.3 is 5.97 Å². The number of hydrogen-bond donors (Lipinski definition) is 1. The number of ether oxygens (including phenoxy) is 1. The molecule has 0 bridgehead atoms. The van der Waals surface area contributed by atoms with Crippen LogP contribution >= 0.6 is 11.8 Å². The van der Waals surface area contributed by atoms with Crippen LogP contribution in [0.15, 0.2) is 24.3 Å². The highest BCUT2D eigenvalue weighted by molar-refractivity contribution is 8.02. The number of nitriles is 1. The predicted octanol–water partition coefficient (Wildman–Crippen LogP) is 0.960. The minimum absolute atomic E-state index is 0.00223. The molecule has 1 heterocycles. The topological polar surface area (TPSA) is 113 Å². The van der Waals surface area contributed by atoms with Gasteiger partial charge in [-0.2, -0.15) is 5.26 Å². The lowest BCUT2D eigenvalue weighted by Crippen LogP contribution is -2.22. The zero-order valence-corrected chi connectivity index (χ0v) is 14.4. The van der Waals surface area contributed by atoms with Crippen molar-refractivity contribution in [3.8, 4) is 6.07 Å². The number of thioether (sulfide) groups is 1. The summed E-state index contributed by atoms with van der Waals surface area (Å²) in [5.74, 6) is -0.883. The second-order valence-corrected chi connectivity index (χ2v) is 8.72. The summed E-state index contributed by atoms with van der Waals surface area (Å²) in [6.07, 6.45) is 0.533. The highest BCUT2D eigenvalue weighted by atomic mass is 32.2. The lowest BCUT2D eigenvalue weighted by atomic mass is 10.2. The fourth-order valence-corrected chi connectivity index (χ4v) is 5.58. The highest BCUT2D eigenvalue weighted by Crippen LogP contribution is 2.24. The Hall–Kier alpha value is -2.05. The van der Waals surface area contributed by atoms with Gasteiger partial charge in [0.2, 0.25) is 0 Å². The molecule has 1 amide bonds. The van der Waals surface area contributed by atoms with Crippen LogP contribution in [-0.2, 0) is 24.2 Å². The molecule has 0 aliphatic carbocycles. The summed E-state index contributed by atoms with van der Waals surface area (Å²) in [7, 11) is -2.97. The third-order valence-electron chi connectivity index (χ3n) is 3.31. The van der Waals surface area contributed by atoms with Crippen LogP contribution in [0.25, 0.3) is 0 Å². The number of nitrogens with one attached hydrogen (secondary N) is 1. The van der Waals surface area contributed by atoms with Crippen LogP contribution in [0, 0.1) is 11.3 Å². The monoisotopic (exact) mass is 368 g/mol. The fourth-order valence-electron chi connectivity index (χ4n) is 2.14. The summed E-state index contributed by atoms with van der Waals surface area (Å²) in [5.41, 5.74) is 0.668. The number of nitrogens with zero attached hydrogens (tertiary/aromatic N) is 1. The second-order valence-electron chi connectivity index (χ2n) is 5.20. The van der Waals surface area contributed by atoms with E-state index in [2.05, 4.69) is 5.32 Å². The van der Waals surface area contributed by atoms with Gasteiger partial charge in [0, 0.05) is 5.25 Å². The van der Waals surface area contributed by atoms with Gasteiger partial charge in [0.15, 0.2) is 16.4 Å². The number of amides is 1. The van der Waals surface area contributed by atoms with Crippen molar-refractivity contribution >= 4 is 39.2 Å². The molecular formula is C15H16N2O5S2. The average molecular weight is 368 g/mol. The number of hydrogen-bond acceptors (Lipinski definition) is 7. The summed E-state index contributed by atoms with van der Waals surface area (Å²) >= 11 is 1.23. The quantitative estimate of drug-likeness (QED) is 0.744. The van der Waals surface area contributed by atoms with Gasteiger partial charge in [0.05, 0.1) is 28.5 Å². The molecule has 24 heavy (non-hydrogen) atoms. The molecule has 0 unspecified atom stereocenters. The van der Waals surface area contributed by atoms with Crippen molar-refractivity contribution < 1.29 is 22.7 Å². The lowest BCUT2D eigenvalue weighted by molar-refractivity contribution is -0.144. The second kappa shape index (κ2) is 8.17. The molecule has 1 aromatic rings. The van der Waals surface area contributed by atoms with Crippen LogP contribution in [0.3, 0.4) is 0 Å². The number of benzene rings is 1. The highest BCUT2D eigenvalue weighted by Gasteiger charge is 2.28. The van der Waals surface area contributed by atoms with E-state index in [0.29, 0.717) is 17.7 Å². The SMILES string of the molecule is N#Cc1ccccc1NC(=O)COC(=O)CS[C@@H]1CCS(=O)(=O)C1. The average Bonchev–Trinajstić information content (AvgIpc) is 2.90. The normalized spacial score (nSPS) is 18.5. The van der Waals surface area contributed by atoms with Crippen LogP contribution in [0.2, 0.25) is 0 Å². The first kappa shape index (κ1) is 18.3. The minimum atomic E-state index is -2.97. The molecule has 1 atom stereocenters. The summed E-state index contributed by atoms with van der Waals surface area (Å²) in [6.45, 7) is -0.456. The lowest BCUT2D eigenvalue weighted by Gasteiger charge is -2.09. The molecule has 1 N–H and O–H groups in total. The van der Waals surface area contributed by atoms with Crippen molar-refractivity contribution in [1.82, 2.24) is 0 Å². The maximum Gasteiger partial charge on any atom is 0.316 e. The molecule has 128 valence electrons. The summed E-state index contributed by atoms with van der Waals surface area (Å²) < 4.78 is 27.5. The van der Waals surface area contributed by atoms with Gasteiger partial charge in [-0.05, 0) is 18.6 Å². The van der Waals surface area contributed by atoms with Crippen LogP contribution in [0.5, 0.6) is 0 Å². The number of anilines is 1. The number of para-hydroxylation sites is 1. The van der Waals surface area contributed by atoms with E-state index >= 15 is 0 Å². The Morgan fingerprint density at radius 1 is 1.38 bits per heavy atom. The Kier molecular flexibility index (Phi) is 6.23. The van der Waals surface area contributed by atoms with Crippen LogP contribution in [0.4, 0.5) is 5.69 Å². The summed E-state index contributed by atoms with van der Waals surface area (Å²) in [6, 6.07) is 8.44. The van der Waals surface area contributed by atoms with E-state index < -0.39 is 28.3 Å². The number of carbonyl (C=O) groups excluding carboxylic acids is 2. The van der Waals surface area contributed by atoms with Crippen LogP contribution in [-0.4, -0.2) is 49.4 Å². The van der Waals surface area contributed by atoms with Crippen LogP contribution in [0.1, 0.15) is 12.0 Å². The van der Waals surface area contributed by atoms with Gasteiger partial charge in [-0.3, -0.25) is 9.59 Å². The maximum absolute atomic E-state index is 11.7. The molecule has 1 fully saturated rings. The number of sulfone groups is 1. The minimum Gasteiger partial charge on any atom is -0.455 e. The smallest absolute Gasteiger partial charge is 0.316 e. The molecule has 2 rings (SSSR count). The Labute approximate surface area is 144 Å². The maximum atomic E-state index is 11.7. The van der Waals surface area contributed by atoms with Gasteiger partial charge in [0.1, 0.15) is 6.07 Å². The number of rotatable bonds is 6. The van der Waals surface area contributed by atoms with Gasteiger partial charge in [-0.15, -0.1) is 11.8 Å². The van der Waals surface area contributed by atoms with Gasteiger partial charge < -0.3 is 10.1 Å². The summed E-state index contributed by atoms with van der Waals surface area (Å²) in [5, 5.41) is 11.3. The first-order valence-corrected chi connectivity index (χ1v) is 10.0. The fraction of sp³-hybridized carbons (Fsp3) is 0.400. The third-order valence-corrected chi connectivity index (χ3v) is 6.57. The molecule has 9 heteroatoms. The van der Waals surface area contributed by atoms with Crippen molar-refractivity contribution in [2.24, 2.45) is 0 Å². The van der Waals surface area contributed by atoms with Crippen LogP contribution < -0.4 is 5.32 Å². The first-order chi connectivity index (χ1) is 11.4. The zero-order chi connectivity index (χ0) is 17.6. The standard InChI is InChI=1S/C15H16N2O5S2/c16-7-11-3-1-2-4-13(11)17-14(18)8-22-15(19)9-23-12-5-6-24(20,21)10-12/h1-4,12H,5-6,8-10H2,(H,17,18)/t12-/m1/s1. The molecule has 0 aromatic heterocycles. The van der Waals surface area contributed by atoms with E-state index in [0.717, 1.165) is 0 Å². The zero-order valence-electron chi connectivity index (χ0n) is 12.7. The van der Waals surface area contributed by atoms with Crippen molar-refractivity contribution in [2.75, 3.05) is 29.2 Å². The van der Waals surface area contributed by atoms with Gasteiger partial charge in [0.25, 0.3) is 5.91 Å². The van der Waals surface area contributed by atoms with E-state index in [9.17, 15) is 18.0 Å². The number of esters is 1. The van der Waals surface area contributed by atoms with E-state index in [4.69, 9.17) is 10.00 Å². The molecule has 1 aliphatic heterocycles. The van der Waals surface area contributed by atoms with E-state index in [1.54, 1.807) is 24.3 Å². The molecule has 1 saturated heterocycles. The first-order valence-electron chi connectivity index (χ1n) is 7.16. The third kappa shape index (κ3) is 5.54. The Morgan fingerprint density at radius 2 is 2.12 bits per heavy atom. The number of carbonyl (C=O) groups is 2. The van der Waals surface area contributed by atoms with Crippen molar-refractivity contribution in [3.05, 3.63) is 29.8 Å².